The van der Waals surface area contributed by atoms with Gasteiger partial charge in [-0.2, -0.15) is 5.10 Å². The molecule has 1 aliphatic rings. The zero-order valence-corrected chi connectivity index (χ0v) is 13.5. The molecule has 1 N–H and O–H groups in total. The molecule has 0 spiro atoms. The minimum absolute atomic E-state index is 0.243. The molecule has 1 amide bonds. The maximum atomic E-state index is 12.0. The van der Waals surface area contributed by atoms with E-state index >= 15 is 0 Å². The van der Waals surface area contributed by atoms with Gasteiger partial charge in [0.1, 0.15) is 11.6 Å². The summed E-state index contributed by atoms with van der Waals surface area (Å²) in [6, 6.07) is 0.267. The van der Waals surface area contributed by atoms with E-state index in [9.17, 15) is 4.79 Å². The van der Waals surface area contributed by atoms with E-state index in [2.05, 4.69) is 34.2 Å². The Balaban J connectivity index is 1.74. The molecule has 1 aliphatic heterocycles. The van der Waals surface area contributed by atoms with Crippen LogP contribution in [0, 0.1) is 12.8 Å². The molecule has 0 saturated carbocycles. The van der Waals surface area contributed by atoms with E-state index in [1.165, 1.54) is 0 Å². The fourth-order valence-corrected chi connectivity index (χ4v) is 2.95. The fraction of sp³-hybridized carbons (Fsp3) is 0.600. The zero-order valence-electron chi connectivity index (χ0n) is 13.5. The number of fused-ring (bicyclic) bond motifs is 1. The Morgan fingerprint density at radius 3 is 2.86 bits per heavy atom. The first-order valence-electron chi connectivity index (χ1n) is 7.65. The predicted molar refractivity (Wildman–Crippen MR) is 84.5 cm³/mol. The van der Waals surface area contributed by atoms with Crippen molar-refractivity contribution in [1.29, 1.82) is 0 Å². The van der Waals surface area contributed by atoms with Crippen LogP contribution in [0.1, 0.15) is 26.1 Å². The predicted octanol–water partition coefficient (Wildman–Crippen LogP) is 1.34. The van der Waals surface area contributed by atoms with Crippen molar-refractivity contribution in [1.82, 2.24) is 24.6 Å². The van der Waals surface area contributed by atoms with Crippen LogP contribution in [0.5, 0.6) is 0 Å². The zero-order chi connectivity index (χ0) is 15.9. The van der Waals surface area contributed by atoms with Crippen molar-refractivity contribution >= 4 is 22.8 Å². The smallest absolute Gasteiger partial charge is 0.223 e. The summed E-state index contributed by atoms with van der Waals surface area (Å²) in [7, 11) is 1.87. The van der Waals surface area contributed by atoms with Crippen LogP contribution >= 0.6 is 0 Å². The van der Waals surface area contributed by atoms with Gasteiger partial charge in [0.15, 0.2) is 5.65 Å². The minimum atomic E-state index is 0.243. The average molecular weight is 302 g/mol. The van der Waals surface area contributed by atoms with Crippen molar-refractivity contribution in [3.8, 4) is 0 Å². The van der Waals surface area contributed by atoms with Gasteiger partial charge in [-0.15, -0.1) is 0 Å². The highest BCUT2D eigenvalue weighted by molar-refractivity contribution is 5.86. The highest BCUT2D eigenvalue weighted by atomic mass is 16.2. The van der Waals surface area contributed by atoms with Crippen LogP contribution in [-0.4, -0.2) is 49.7 Å². The van der Waals surface area contributed by atoms with Gasteiger partial charge in [-0.25, -0.2) is 9.97 Å². The quantitative estimate of drug-likeness (QED) is 0.922. The van der Waals surface area contributed by atoms with Crippen molar-refractivity contribution in [2.24, 2.45) is 13.0 Å². The van der Waals surface area contributed by atoms with Crippen molar-refractivity contribution < 1.29 is 4.79 Å². The molecule has 1 atom stereocenters. The summed E-state index contributed by atoms with van der Waals surface area (Å²) < 4.78 is 1.74. The number of rotatable bonds is 4. The highest BCUT2D eigenvalue weighted by Gasteiger charge is 2.31. The molecule has 0 aromatic carbocycles. The Bertz CT molecular complexity index is 707. The van der Waals surface area contributed by atoms with Crippen molar-refractivity contribution in [3.05, 3.63) is 12.0 Å². The molecule has 2 aromatic heterocycles. The van der Waals surface area contributed by atoms with E-state index in [-0.39, 0.29) is 11.9 Å². The van der Waals surface area contributed by atoms with E-state index in [0.29, 0.717) is 18.2 Å². The standard InChI is InChI=1S/C15H22N6O/c1-9(2)21-8-11(5-13(21)22)6-16-14-12-7-17-20(4)15(12)19-10(3)18-14/h7,9,11H,5-6,8H2,1-4H3,(H,16,18,19)/t11-/m1/s1. The first-order chi connectivity index (χ1) is 10.5. The molecule has 0 aliphatic carbocycles. The van der Waals surface area contributed by atoms with Gasteiger partial charge in [-0.3, -0.25) is 9.48 Å². The molecule has 0 unspecified atom stereocenters. The molecule has 3 heterocycles. The van der Waals surface area contributed by atoms with Crippen LogP contribution in [0.2, 0.25) is 0 Å². The number of nitrogens with one attached hydrogen (secondary N) is 1. The topological polar surface area (TPSA) is 75.9 Å². The summed E-state index contributed by atoms with van der Waals surface area (Å²) in [6.45, 7) is 7.53. The van der Waals surface area contributed by atoms with Crippen LogP contribution in [0.15, 0.2) is 6.20 Å². The molecule has 0 bridgehead atoms. The number of carbonyl (C=O) groups excluding carboxylic acids is 1. The number of nitrogens with zero attached hydrogens (tertiary/aromatic N) is 5. The van der Waals surface area contributed by atoms with Crippen LogP contribution < -0.4 is 5.32 Å². The number of anilines is 1. The summed E-state index contributed by atoms with van der Waals surface area (Å²) in [6.07, 6.45) is 2.38. The van der Waals surface area contributed by atoms with Gasteiger partial charge in [0.05, 0.1) is 11.6 Å². The SMILES string of the molecule is Cc1nc(NC[C@H]2CC(=O)N(C(C)C)C2)c2cnn(C)c2n1. The second-order valence-electron chi connectivity index (χ2n) is 6.22. The molecule has 118 valence electrons. The molecule has 1 saturated heterocycles. The summed E-state index contributed by atoms with van der Waals surface area (Å²) in [5, 5.41) is 8.53. The van der Waals surface area contributed by atoms with E-state index < -0.39 is 0 Å². The maximum absolute atomic E-state index is 12.0. The molecule has 3 rings (SSSR count). The molecule has 0 radical (unpaired) electrons. The van der Waals surface area contributed by atoms with Gasteiger partial charge in [-0.05, 0) is 20.8 Å². The maximum Gasteiger partial charge on any atom is 0.223 e. The Labute approximate surface area is 129 Å². The summed E-state index contributed by atoms with van der Waals surface area (Å²) in [5.74, 6) is 2.07. The lowest BCUT2D eigenvalue weighted by atomic mass is 10.1. The Hall–Kier alpha value is -2.18. The van der Waals surface area contributed by atoms with Crippen molar-refractivity contribution in [2.45, 2.75) is 33.2 Å². The molecular weight excluding hydrogens is 280 g/mol. The van der Waals surface area contributed by atoms with E-state index in [1.54, 1.807) is 10.9 Å². The summed E-state index contributed by atoms with van der Waals surface area (Å²) in [5.41, 5.74) is 0.821. The van der Waals surface area contributed by atoms with Gasteiger partial charge >= 0.3 is 0 Å². The largest absolute Gasteiger partial charge is 0.369 e. The monoisotopic (exact) mass is 302 g/mol. The van der Waals surface area contributed by atoms with Crippen molar-refractivity contribution in [3.63, 3.8) is 0 Å². The third-order valence-electron chi connectivity index (χ3n) is 4.12. The highest BCUT2D eigenvalue weighted by Crippen LogP contribution is 2.23. The molecule has 2 aromatic rings. The first-order valence-corrected chi connectivity index (χ1v) is 7.65. The van der Waals surface area contributed by atoms with E-state index in [4.69, 9.17) is 0 Å². The molecular formula is C15H22N6O. The Morgan fingerprint density at radius 1 is 1.41 bits per heavy atom. The van der Waals surface area contributed by atoms with Crippen molar-refractivity contribution in [2.75, 3.05) is 18.4 Å². The van der Waals surface area contributed by atoms with Crippen LogP contribution in [0.25, 0.3) is 11.0 Å². The molecule has 22 heavy (non-hydrogen) atoms. The third kappa shape index (κ3) is 2.63. The normalized spacial score (nSPS) is 18.7. The lowest BCUT2D eigenvalue weighted by Crippen LogP contribution is -2.32. The van der Waals surface area contributed by atoms with Gasteiger partial charge in [0, 0.05) is 38.5 Å². The molecule has 1 fully saturated rings. The number of aryl methyl sites for hydroxylation is 2. The van der Waals surface area contributed by atoms with Crippen LogP contribution in [-0.2, 0) is 11.8 Å². The number of carbonyl (C=O) groups is 1. The lowest BCUT2D eigenvalue weighted by molar-refractivity contribution is -0.129. The number of amides is 1. The van der Waals surface area contributed by atoms with Crippen LogP contribution in [0.4, 0.5) is 5.82 Å². The summed E-state index contributed by atoms with van der Waals surface area (Å²) in [4.78, 5) is 22.8. The molecule has 7 heteroatoms. The minimum Gasteiger partial charge on any atom is -0.369 e. The van der Waals surface area contributed by atoms with Gasteiger partial charge in [-0.1, -0.05) is 0 Å². The number of aromatic nitrogens is 4. The average Bonchev–Trinajstić information content (AvgIpc) is 3.00. The number of hydrogen-bond donors (Lipinski definition) is 1. The second-order valence-corrected chi connectivity index (χ2v) is 6.22. The van der Waals surface area contributed by atoms with E-state index in [1.807, 2.05) is 18.9 Å². The lowest BCUT2D eigenvalue weighted by Gasteiger charge is -2.21. The van der Waals surface area contributed by atoms with Gasteiger partial charge in [0.25, 0.3) is 0 Å². The Morgan fingerprint density at radius 2 is 2.18 bits per heavy atom. The van der Waals surface area contributed by atoms with Gasteiger partial charge < -0.3 is 10.2 Å². The van der Waals surface area contributed by atoms with Crippen LogP contribution in [0.3, 0.4) is 0 Å². The molecule has 7 nitrogen and oxygen atoms in total. The second kappa shape index (κ2) is 5.55. The summed E-state index contributed by atoms with van der Waals surface area (Å²) >= 11 is 0. The fourth-order valence-electron chi connectivity index (χ4n) is 2.95. The first kappa shape index (κ1) is 14.7. The Kier molecular flexibility index (Phi) is 3.72. The van der Waals surface area contributed by atoms with Gasteiger partial charge in [0.2, 0.25) is 5.91 Å². The number of hydrogen-bond acceptors (Lipinski definition) is 5. The number of likely N-dealkylation sites (tertiary alicyclic amines) is 1. The van der Waals surface area contributed by atoms with E-state index in [0.717, 1.165) is 29.9 Å². The third-order valence-corrected chi connectivity index (χ3v) is 4.12.